The van der Waals surface area contributed by atoms with Crippen LogP contribution in [0.15, 0.2) is 0 Å². The number of nitrogens with one attached hydrogen (secondary N) is 1. The maximum absolute atomic E-state index is 13.0. The minimum absolute atomic E-state index is 0.109. The lowest BCUT2D eigenvalue weighted by atomic mass is 9.86. The van der Waals surface area contributed by atoms with E-state index in [-0.39, 0.29) is 12.8 Å². The van der Waals surface area contributed by atoms with Gasteiger partial charge in [-0.3, -0.25) is 4.90 Å². The van der Waals surface area contributed by atoms with Gasteiger partial charge in [0.25, 0.3) is 0 Å². The van der Waals surface area contributed by atoms with E-state index in [0.717, 1.165) is 19.6 Å². The van der Waals surface area contributed by atoms with Crippen LogP contribution in [0.3, 0.4) is 0 Å². The van der Waals surface area contributed by atoms with E-state index in [4.69, 9.17) is 0 Å². The molecule has 1 N–H and O–H groups in total. The Hall–Kier alpha value is -0.220. The Bertz CT molecular complexity index is 260. The molecule has 2 heterocycles. The van der Waals surface area contributed by atoms with Crippen molar-refractivity contribution < 1.29 is 8.78 Å². The number of rotatable bonds is 2. The lowest BCUT2D eigenvalue weighted by molar-refractivity contribution is -0.0494. The van der Waals surface area contributed by atoms with Crippen molar-refractivity contribution in [1.29, 1.82) is 0 Å². The molecule has 16 heavy (non-hydrogen) atoms. The van der Waals surface area contributed by atoms with E-state index in [1.165, 1.54) is 6.42 Å². The van der Waals surface area contributed by atoms with Gasteiger partial charge in [0.05, 0.1) is 0 Å². The molecule has 0 amide bonds. The van der Waals surface area contributed by atoms with Crippen LogP contribution >= 0.6 is 0 Å². The van der Waals surface area contributed by atoms with Crippen LogP contribution in [0.5, 0.6) is 0 Å². The zero-order chi connectivity index (χ0) is 11.2. The van der Waals surface area contributed by atoms with Crippen molar-refractivity contribution in [2.75, 3.05) is 19.6 Å². The molecule has 2 bridgehead atoms. The zero-order valence-corrected chi connectivity index (χ0v) is 9.59. The Morgan fingerprint density at radius 3 is 2.56 bits per heavy atom. The van der Waals surface area contributed by atoms with Gasteiger partial charge in [-0.1, -0.05) is 0 Å². The fraction of sp³-hybridized carbons (Fsp3) is 1.00. The lowest BCUT2D eigenvalue weighted by Gasteiger charge is -2.34. The lowest BCUT2D eigenvalue weighted by Crippen LogP contribution is -2.46. The zero-order valence-electron chi connectivity index (χ0n) is 9.59. The highest BCUT2D eigenvalue weighted by Gasteiger charge is 2.40. The highest BCUT2D eigenvalue weighted by atomic mass is 19.3. The highest BCUT2D eigenvalue weighted by molar-refractivity contribution is 4.98. The minimum atomic E-state index is -2.37. The second kappa shape index (κ2) is 3.91. The monoisotopic (exact) mass is 230 g/mol. The summed E-state index contributed by atoms with van der Waals surface area (Å²) in [6.07, 6.45) is 2.92. The molecular formula is C12H20F2N2. The van der Waals surface area contributed by atoms with Crippen molar-refractivity contribution in [3.63, 3.8) is 0 Å². The van der Waals surface area contributed by atoms with Crippen molar-refractivity contribution in [2.24, 2.45) is 5.92 Å². The van der Waals surface area contributed by atoms with Crippen LogP contribution in [0.4, 0.5) is 8.78 Å². The molecule has 3 rings (SSSR count). The second-order valence-corrected chi connectivity index (χ2v) is 5.75. The average molecular weight is 230 g/mol. The SMILES string of the molecule is FC1(F)CCC(CN2C[C@@H]3C[C@H]2CN3)CC1. The van der Waals surface area contributed by atoms with Gasteiger partial charge in [0.2, 0.25) is 5.92 Å². The van der Waals surface area contributed by atoms with Crippen molar-refractivity contribution in [3.8, 4) is 0 Å². The maximum atomic E-state index is 13.0. The molecule has 1 aliphatic carbocycles. The van der Waals surface area contributed by atoms with E-state index in [1.54, 1.807) is 0 Å². The Balaban J connectivity index is 1.49. The molecule has 3 aliphatic rings. The standard InChI is InChI=1S/C12H20F2N2/c13-12(14)3-1-9(2-4-12)7-16-8-10-5-11(16)6-15-10/h9-11,15H,1-8H2/t10-,11-/m0/s1. The molecule has 0 spiro atoms. The van der Waals surface area contributed by atoms with E-state index in [2.05, 4.69) is 10.2 Å². The van der Waals surface area contributed by atoms with Crippen molar-refractivity contribution in [1.82, 2.24) is 10.2 Å². The number of fused-ring (bicyclic) bond motifs is 2. The van der Waals surface area contributed by atoms with Crippen LogP contribution in [0.1, 0.15) is 32.1 Å². The van der Waals surface area contributed by atoms with Crippen LogP contribution in [-0.4, -0.2) is 42.5 Å². The molecule has 92 valence electrons. The number of piperazine rings is 1. The molecule has 2 atom stereocenters. The topological polar surface area (TPSA) is 15.3 Å². The Morgan fingerprint density at radius 1 is 1.25 bits per heavy atom. The fourth-order valence-electron chi connectivity index (χ4n) is 3.48. The summed E-state index contributed by atoms with van der Waals surface area (Å²) < 4.78 is 26.0. The van der Waals surface area contributed by atoms with Crippen LogP contribution in [0, 0.1) is 5.92 Å². The summed E-state index contributed by atoms with van der Waals surface area (Å²) in [5.41, 5.74) is 0. The van der Waals surface area contributed by atoms with Crippen molar-refractivity contribution in [2.45, 2.75) is 50.1 Å². The van der Waals surface area contributed by atoms with E-state index in [1.807, 2.05) is 0 Å². The van der Waals surface area contributed by atoms with Gasteiger partial charge in [0.1, 0.15) is 0 Å². The summed E-state index contributed by atoms with van der Waals surface area (Å²) in [6.45, 7) is 3.30. The molecule has 0 aromatic carbocycles. The maximum Gasteiger partial charge on any atom is 0.248 e. The third-order valence-corrected chi connectivity index (χ3v) is 4.50. The largest absolute Gasteiger partial charge is 0.311 e. The summed E-state index contributed by atoms with van der Waals surface area (Å²) in [4.78, 5) is 2.52. The predicted octanol–water partition coefficient (Wildman–Crippen LogP) is 1.86. The molecular weight excluding hydrogens is 210 g/mol. The average Bonchev–Trinajstić information content (AvgIpc) is 2.83. The highest BCUT2D eigenvalue weighted by Crippen LogP contribution is 2.37. The minimum Gasteiger partial charge on any atom is -0.311 e. The summed E-state index contributed by atoms with van der Waals surface area (Å²) in [7, 11) is 0. The summed E-state index contributed by atoms with van der Waals surface area (Å²) >= 11 is 0. The quantitative estimate of drug-likeness (QED) is 0.779. The van der Waals surface area contributed by atoms with E-state index in [9.17, 15) is 8.78 Å². The first-order valence-electron chi connectivity index (χ1n) is 6.48. The predicted molar refractivity (Wildman–Crippen MR) is 58.7 cm³/mol. The number of hydrogen-bond acceptors (Lipinski definition) is 2. The van der Waals surface area contributed by atoms with Crippen LogP contribution in [0.2, 0.25) is 0 Å². The molecule has 3 fully saturated rings. The number of nitrogens with zero attached hydrogens (tertiary/aromatic N) is 1. The van der Waals surface area contributed by atoms with Crippen molar-refractivity contribution >= 4 is 0 Å². The van der Waals surface area contributed by atoms with E-state index in [0.29, 0.717) is 30.8 Å². The molecule has 0 aromatic heterocycles. The third-order valence-electron chi connectivity index (χ3n) is 4.50. The second-order valence-electron chi connectivity index (χ2n) is 5.75. The van der Waals surface area contributed by atoms with Crippen LogP contribution in [0.25, 0.3) is 0 Å². The molecule has 2 saturated heterocycles. The first-order valence-corrected chi connectivity index (χ1v) is 6.48. The molecule has 2 aliphatic heterocycles. The number of likely N-dealkylation sites (tertiary alicyclic amines) is 1. The van der Waals surface area contributed by atoms with Gasteiger partial charge in [-0.2, -0.15) is 0 Å². The summed E-state index contributed by atoms with van der Waals surface area (Å²) in [6, 6.07) is 1.36. The summed E-state index contributed by atoms with van der Waals surface area (Å²) in [5, 5.41) is 3.47. The first-order chi connectivity index (χ1) is 7.62. The van der Waals surface area contributed by atoms with Gasteiger partial charge in [0, 0.05) is 44.6 Å². The van der Waals surface area contributed by atoms with Gasteiger partial charge >= 0.3 is 0 Å². The molecule has 0 unspecified atom stereocenters. The van der Waals surface area contributed by atoms with Crippen molar-refractivity contribution in [3.05, 3.63) is 0 Å². The fourth-order valence-corrected chi connectivity index (χ4v) is 3.48. The molecule has 1 saturated carbocycles. The first kappa shape index (κ1) is 10.9. The summed E-state index contributed by atoms with van der Waals surface area (Å²) in [5.74, 6) is -1.86. The van der Waals surface area contributed by atoms with Crippen LogP contribution in [-0.2, 0) is 0 Å². The normalized spacial score (nSPS) is 39.4. The number of hydrogen-bond donors (Lipinski definition) is 1. The van der Waals surface area contributed by atoms with Gasteiger partial charge in [-0.05, 0) is 25.2 Å². The third kappa shape index (κ3) is 2.09. The molecule has 4 heteroatoms. The van der Waals surface area contributed by atoms with Gasteiger partial charge < -0.3 is 5.32 Å². The Morgan fingerprint density at radius 2 is 2.00 bits per heavy atom. The van der Waals surface area contributed by atoms with E-state index >= 15 is 0 Å². The molecule has 0 aromatic rings. The van der Waals surface area contributed by atoms with E-state index < -0.39 is 5.92 Å². The number of halogens is 2. The van der Waals surface area contributed by atoms with Gasteiger partial charge in [-0.25, -0.2) is 8.78 Å². The van der Waals surface area contributed by atoms with Gasteiger partial charge in [-0.15, -0.1) is 0 Å². The molecule has 2 nitrogen and oxygen atoms in total. The Kier molecular flexibility index (Phi) is 2.67. The van der Waals surface area contributed by atoms with Gasteiger partial charge in [0.15, 0.2) is 0 Å². The number of alkyl halides is 2. The van der Waals surface area contributed by atoms with Crippen LogP contribution < -0.4 is 5.32 Å². The Labute approximate surface area is 95.4 Å². The molecule has 0 radical (unpaired) electrons. The smallest absolute Gasteiger partial charge is 0.248 e.